The van der Waals surface area contributed by atoms with E-state index in [0.717, 1.165) is 0 Å². The van der Waals surface area contributed by atoms with Crippen LogP contribution in [0.5, 0.6) is 0 Å². The molecule has 0 aliphatic rings. The molecule has 146 valence electrons. The van der Waals surface area contributed by atoms with E-state index in [1.54, 1.807) is 12.4 Å². The van der Waals surface area contributed by atoms with Crippen molar-refractivity contribution < 1.29 is 28.4 Å². The van der Waals surface area contributed by atoms with Gasteiger partial charge >= 0.3 is 5.97 Å². The molecule has 0 aromatic carbocycles. The number of ketones is 1. The molecule has 0 saturated heterocycles. The van der Waals surface area contributed by atoms with Gasteiger partial charge in [-0.15, -0.1) is 11.3 Å². The average Bonchev–Trinajstić information content (AvgIpc) is 3.31. The predicted octanol–water partition coefficient (Wildman–Crippen LogP) is 1.18. The van der Waals surface area contributed by atoms with E-state index in [-0.39, 0.29) is 30.9 Å². The van der Waals surface area contributed by atoms with Gasteiger partial charge in [-0.1, -0.05) is 5.16 Å². The van der Waals surface area contributed by atoms with Crippen molar-refractivity contribution in [2.24, 2.45) is 5.92 Å². The smallest absolute Gasteiger partial charge is 0.309 e. The van der Waals surface area contributed by atoms with Crippen molar-refractivity contribution in [3.05, 3.63) is 34.1 Å². The molecule has 2 aromatic rings. The fourth-order valence-electron chi connectivity index (χ4n) is 2.47. The van der Waals surface area contributed by atoms with Crippen molar-refractivity contribution in [1.82, 2.24) is 15.5 Å². The molecule has 1 amide bonds. The maximum absolute atomic E-state index is 12.7. The molecular weight excluding hydrogens is 374 g/mol. The highest BCUT2D eigenvalue weighted by Gasteiger charge is 2.29. The molecule has 0 radical (unpaired) electrons. The Morgan fingerprint density at radius 3 is 2.67 bits per heavy atom. The summed E-state index contributed by atoms with van der Waals surface area (Å²) in [5.74, 6) is -1.64. The van der Waals surface area contributed by atoms with Crippen LogP contribution in [0.15, 0.2) is 21.5 Å². The summed E-state index contributed by atoms with van der Waals surface area (Å²) in [5.41, 5.74) is 2.42. The van der Waals surface area contributed by atoms with E-state index in [9.17, 15) is 14.4 Å². The SMILES string of the molecule is COC[C@H](NC(=O)c1cc(C)on1)C(=O)C[C@@H](Cc1cscn1)C(=O)OC. The lowest BCUT2D eigenvalue weighted by atomic mass is 9.94. The number of thiazole rings is 1. The number of hydrogen-bond acceptors (Lipinski definition) is 9. The van der Waals surface area contributed by atoms with Crippen molar-refractivity contribution >= 4 is 29.0 Å². The Hall–Kier alpha value is -2.59. The second-order valence-electron chi connectivity index (χ2n) is 5.88. The van der Waals surface area contributed by atoms with Gasteiger partial charge in [0, 0.05) is 31.4 Å². The number of nitrogens with one attached hydrogen (secondary N) is 1. The molecule has 0 fully saturated rings. The highest BCUT2D eigenvalue weighted by atomic mass is 32.1. The molecular formula is C17H21N3O6S. The summed E-state index contributed by atoms with van der Waals surface area (Å²) < 4.78 is 14.7. The third kappa shape index (κ3) is 5.97. The summed E-state index contributed by atoms with van der Waals surface area (Å²) >= 11 is 1.40. The van der Waals surface area contributed by atoms with E-state index in [1.165, 1.54) is 31.6 Å². The van der Waals surface area contributed by atoms with Gasteiger partial charge in [-0.05, 0) is 6.92 Å². The third-order valence-corrected chi connectivity index (χ3v) is 4.44. The number of aromatic nitrogens is 2. The van der Waals surface area contributed by atoms with Crippen molar-refractivity contribution in [2.45, 2.75) is 25.8 Å². The number of amides is 1. The second-order valence-corrected chi connectivity index (χ2v) is 6.60. The zero-order valence-electron chi connectivity index (χ0n) is 15.3. The molecule has 2 aromatic heterocycles. The Labute approximate surface area is 160 Å². The number of esters is 1. The number of hydrogen-bond donors (Lipinski definition) is 1. The Balaban J connectivity index is 2.06. The van der Waals surface area contributed by atoms with E-state index < -0.39 is 23.8 Å². The highest BCUT2D eigenvalue weighted by molar-refractivity contribution is 7.07. The molecule has 2 atom stereocenters. The molecule has 1 N–H and O–H groups in total. The van der Waals surface area contributed by atoms with Crippen molar-refractivity contribution in [3.63, 3.8) is 0 Å². The Kier molecular flexibility index (Phi) is 7.62. The van der Waals surface area contributed by atoms with Gasteiger partial charge in [0.2, 0.25) is 0 Å². The Morgan fingerprint density at radius 1 is 1.33 bits per heavy atom. The molecule has 0 unspecified atom stereocenters. The van der Waals surface area contributed by atoms with E-state index in [2.05, 4.69) is 15.5 Å². The van der Waals surface area contributed by atoms with Crippen LogP contribution in [0, 0.1) is 12.8 Å². The highest BCUT2D eigenvalue weighted by Crippen LogP contribution is 2.16. The topological polar surface area (TPSA) is 121 Å². The molecule has 27 heavy (non-hydrogen) atoms. The van der Waals surface area contributed by atoms with Crippen LogP contribution in [0.1, 0.15) is 28.4 Å². The summed E-state index contributed by atoms with van der Waals surface area (Å²) in [6.45, 7) is 1.62. The van der Waals surface area contributed by atoms with Crippen LogP contribution in [-0.2, 0) is 25.5 Å². The zero-order valence-corrected chi connectivity index (χ0v) is 16.1. The molecule has 2 rings (SSSR count). The fraction of sp³-hybridized carbons (Fsp3) is 0.471. The number of aryl methyl sites for hydroxylation is 1. The minimum absolute atomic E-state index is 0.0357. The van der Waals surface area contributed by atoms with E-state index in [1.807, 2.05) is 5.38 Å². The van der Waals surface area contributed by atoms with Crippen LogP contribution >= 0.6 is 11.3 Å². The maximum atomic E-state index is 12.7. The van der Waals surface area contributed by atoms with Gasteiger partial charge in [-0.3, -0.25) is 14.4 Å². The molecule has 0 saturated carbocycles. The first-order chi connectivity index (χ1) is 12.9. The Morgan fingerprint density at radius 2 is 2.11 bits per heavy atom. The summed E-state index contributed by atoms with van der Waals surface area (Å²) in [6.07, 6.45) is 0.161. The van der Waals surface area contributed by atoms with Gasteiger partial charge < -0.3 is 19.3 Å². The first-order valence-corrected chi connectivity index (χ1v) is 9.09. The summed E-state index contributed by atoms with van der Waals surface area (Å²) in [5, 5.41) is 7.99. The van der Waals surface area contributed by atoms with Crippen LogP contribution in [0.25, 0.3) is 0 Å². The third-order valence-electron chi connectivity index (χ3n) is 3.81. The molecule has 9 nitrogen and oxygen atoms in total. The van der Waals surface area contributed by atoms with Gasteiger partial charge in [-0.25, -0.2) is 4.98 Å². The van der Waals surface area contributed by atoms with E-state index in [4.69, 9.17) is 14.0 Å². The number of carbonyl (C=O) groups excluding carboxylic acids is 3. The zero-order chi connectivity index (χ0) is 19.8. The van der Waals surface area contributed by atoms with Gasteiger partial charge in [0.05, 0.1) is 30.8 Å². The molecule has 10 heteroatoms. The quantitative estimate of drug-likeness (QED) is 0.595. The second kappa shape index (κ2) is 9.93. The van der Waals surface area contributed by atoms with Crippen molar-refractivity contribution in [3.8, 4) is 0 Å². The number of nitrogens with zero attached hydrogens (tertiary/aromatic N) is 2. The van der Waals surface area contributed by atoms with Gasteiger partial charge in [0.25, 0.3) is 5.91 Å². The van der Waals surface area contributed by atoms with E-state index in [0.29, 0.717) is 11.5 Å². The predicted molar refractivity (Wildman–Crippen MR) is 95.3 cm³/mol. The summed E-state index contributed by atoms with van der Waals surface area (Å²) in [4.78, 5) is 41.1. The number of rotatable bonds is 10. The lowest BCUT2D eigenvalue weighted by Crippen LogP contribution is -2.45. The maximum Gasteiger partial charge on any atom is 0.309 e. The fourth-order valence-corrected chi connectivity index (χ4v) is 3.04. The molecule has 0 bridgehead atoms. The molecule has 2 heterocycles. The standard InChI is InChI=1S/C17H21N3O6S/c1-10-4-13(20-26-10)16(22)19-14(7-24-2)15(21)6-11(17(23)25-3)5-12-8-27-9-18-12/h4,8-9,11,14H,5-7H2,1-3H3,(H,19,22)/t11-,14+/m1/s1. The van der Waals surface area contributed by atoms with Crippen LogP contribution in [0.4, 0.5) is 0 Å². The molecule has 0 aliphatic carbocycles. The summed E-state index contributed by atoms with van der Waals surface area (Å²) in [7, 11) is 2.68. The van der Waals surface area contributed by atoms with Gasteiger partial charge in [0.1, 0.15) is 11.8 Å². The summed E-state index contributed by atoms with van der Waals surface area (Å²) in [6, 6.07) is 0.533. The number of ether oxygens (including phenoxy) is 2. The largest absolute Gasteiger partial charge is 0.469 e. The monoisotopic (exact) mass is 395 g/mol. The average molecular weight is 395 g/mol. The number of carbonyl (C=O) groups is 3. The molecule has 0 aliphatic heterocycles. The van der Waals surface area contributed by atoms with Crippen LogP contribution in [0.2, 0.25) is 0 Å². The van der Waals surface area contributed by atoms with E-state index >= 15 is 0 Å². The van der Waals surface area contributed by atoms with Crippen molar-refractivity contribution in [2.75, 3.05) is 20.8 Å². The molecule has 0 spiro atoms. The normalized spacial score (nSPS) is 13.0. The minimum Gasteiger partial charge on any atom is -0.469 e. The first kappa shape index (κ1) is 20.7. The van der Waals surface area contributed by atoms with Crippen molar-refractivity contribution in [1.29, 1.82) is 0 Å². The lowest BCUT2D eigenvalue weighted by molar-refractivity contribution is -0.147. The van der Waals surface area contributed by atoms with Gasteiger partial charge in [0.15, 0.2) is 11.5 Å². The lowest BCUT2D eigenvalue weighted by Gasteiger charge is -2.19. The van der Waals surface area contributed by atoms with Crippen LogP contribution < -0.4 is 5.32 Å². The van der Waals surface area contributed by atoms with Crippen LogP contribution in [0.3, 0.4) is 0 Å². The van der Waals surface area contributed by atoms with Crippen LogP contribution in [-0.4, -0.2) is 54.7 Å². The Bertz CT molecular complexity index is 773. The van der Waals surface area contributed by atoms with Gasteiger partial charge in [-0.2, -0.15) is 0 Å². The first-order valence-electron chi connectivity index (χ1n) is 8.15. The number of Topliss-reactive ketones (excluding diaryl/α,β-unsaturated/α-hetero) is 1. The minimum atomic E-state index is -0.929. The number of methoxy groups -OCH3 is 2.